The highest BCUT2D eigenvalue weighted by Gasteiger charge is 2.35. The van der Waals surface area contributed by atoms with Crippen molar-refractivity contribution in [1.29, 1.82) is 0 Å². The van der Waals surface area contributed by atoms with Crippen molar-refractivity contribution in [3.8, 4) is 0 Å². The number of halogens is 1. The molecule has 0 radical (unpaired) electrons. The summed E-state index contributed by atoms with van der Waals surface area (Å²) in [5, 5.41) is 16.0. The molecule has 0 unspecified atom stereocenters. The van der Waals surface area contributed by atoms with Crippen LogP contribution in [0.1, 0.15) is 12.0 Å². The van der Waals surface area contributed by atoms with E-state index in [1.54, 1.807) is 12.3 Å². The van der Waals surface area contributed by atoms with Crippen LogP contribution in [0.5, 0.6) is 0 Å². The van der Waals surface area contributed by atoms with Crippen molar-refractivity contribution in [3.63, 3.8) is 0 Å². The highest BCUT2D eigenvalue weighted by molar-refractivity contribution is 5.84. The molecule has 2 aromatic rings. The molecule has 1 aliphatic rings. The molecule has 4 N–H and O–H groups in total. The van der Waals surface area contributed by atoms with Crippen molar-refractivity contribution in [3.05, 3.63) is 35.8 Å². The minimum Gasteiger partial charge on any atom is -0.391 e. The summed E-state index contributed by atoms with van der Waals surface area (Å²) in [4.78, 5) is 28.3. The average molecular weight is 348 g/mol. The van der Waals surface area contributed by atoms with Crippen LogP contribution in [0.25, 0.3) is 10.9 Å². The maximum atomic E-state index is 13.4. The number of aliphatic hydroxyl groups is 1. The zero-order chi connectivity index (χ0) is 18.0. The molecular weight excluding hydrogens is 327 g/mol. The Kier molecular flexibility index (Phi) is 4.89. The average Bonchev–Trinajstić information content (AvgIpc) is 3.16. The summed E-state index contributed by atoms with van der Waals surface area (Å²) in [6.07, 6.45) is 1.20. The van der Waals surface area contributed by atoms with Crippen LogP contribution in [0.15, 0.2) is 24.4 Å². The summed E-state index contributed by atoms with van der Waals surface area (Å²) in [6, 6.07) is 4.13. The van der Waals surface area contributed by atoms with Gasteiger partial charge in [0, 0.05) is 56.1 Å². The van der Waals surface area contributed by atoms with Gasteiger partial charge in [-0.3, -0.25) is 4.79 Å². The molecule has 1 aromatic carbocycles. The van der Waals surface area contributed by atoms with E-state index in [-0.39, 0.29) is 43.2 Å². The Bertz CT molecular complexity index is 791. The molecule has 2 heterocycles. The van der Waals surface area contributed by atoms with Gasteiger partial charge in [-0.05, 0) is 23.8 Å². The van der Waals surface area contributed by atoms with Gasteiger partial charge in [0.2, 0.25) is 5.91 Å². The number of likely N-dealkylation sites (tertiary alicyclic amines) is 1. The fourth-order valence-electron chi connectivity index (χ4n) is 3.14. The number of fused-ring (bicyclic) bond motifs is 1. The van der Waals surface area contributed by atoms with E-state index in [4.69, 9.17) is 0 Å². The van der Waals surface area contributed by atoms with Gasteiger partial charge in [-0.2, -0.15) is 0 Å². The van der Waals surface area contributed by atoms with Crippen LogP contribution in [0.4, 0.5) is 9.18 Å². The molecule has 3 amide bonds. The zero-order valence-corrected chi connectivity index (χ0v) is 13.9. The second-order valence-corrected chi connectivity index (χ2v) is 6.27. The number of H-pyrrole nitrogens is 1. The number of aromatic amines is 1. The predicted octanol–water partition coefficient (Wildman–Crippen LogP) is 0.945. The lowest BCUT2D eigenvalue weighted by Gasteiger charge is -2.16. The first-order chi connectivity index (χ1) is 12.0. The molecule has 1 aliphatic heterocycles. The number of β-amino-alcohol motifs (C(OH)–C–C–N with tert-alkyl or cyclic N) is 1. The lowest BCUT2D eigenvalue weighted by Crippen LogP contribution is -2.38. The van der Waals surface area contributed by atoms with Gasteiger partial charge >= 0.3 is 6.03 Å². The monoisotopic (exact) mass is 348 g/mol. The van der Waals surface area contributed by atoms with Crippen LogP contribution in [0.3, 0.4) is 0 Å². The van der Waals surface area contributed by atoms with Crippen molar-refractivity contribution >= 4 is 22.8 Å². The molecule has 134 valence electrons. The molecular formula is C17H21FN4O3. The highest BCUT2D eigenvalue weighted by atomic mass is 19.1. The van der Waals surface area contributed by atoms with E-state index in [0.717, 1.165) is 16.5 Å². The summed E-state index contributed by atoms with van der Waals surface area (Å²) in [5.41, 5.74) is 1.58. The first-order valence-electron chi connectivity index (χ1n) is 8.15. The van der Waals surface area contributed by atoms with E-state index in [0.29, 0.717) is 6.54 Å². The van der Waals surface area contributed by atoms with Gasteiger partial charge in [-0.25, -0.2) is 9.18 Å². The first-order valence-corrected chi connectivity index (χ1v) is 8.15. The number of rotatable bonds is 4. The number of carbonyl (C=O) groups is 2. The van der Waals surface area contributed by atoms with E-state index in [1.807, 2.05) is 0 Å². The minimum absolute atomic E-state index is 0.160. The molecule has 25 heavy (non-hydrogen) atoms. The van der Waals surface area contributed by atoms with Crippen LogP contribution < -0.4 is 10.6 Å². The third-order valence-electron chi connectivity index (χ3n) is 4.58. The van der Waals surface area contributed by atoms with E-state index in [1.165, 1.54) is 24.1 Å². The third-order valence-corrected chi connectivity index (χ3v) is 4.58. The summed E-state index contributed by atoms with van der Waals surface area (Å²) in [7, 11) is 1.54. The number of hydrogen-bond acceptors (Lipinski definition) is 3. The Balaban J connectivity index is 1.59. The fraction of sp³-hybridized carbons (Fsp3) is 0.412. The minimum atomic E-state index is -0.717. The highest BCUT2D eigenvalue weighted by Crippen LogP contribution is 2.21. The van der Waals surface area contributed by atoms with E-state index < -0.39 is 6.10 Å². The Morgan fingerprint density at radius 2 is 2.20 bits per heavy atom. The van der Waals surface area contributed by atoms with E-state index in [9.17, 15) is 19.1 Å². The van der Waals surface area contributed by atoms with Crippen LogP contribution >= 0.6 is 0 Å². The number of benzene rings is 1. The maximum absolute atomic E-state index is 13.4. The second kappa shape index (κ2) is 7.10. The molecule has 1 saturated heterocycles. The molecule has 3 rings (SSSR count). The van der Waals surface area contributed by atoms with Crippen LogP contribution in [0, 0.1) is 11.7 Å². The summed E-state index contributed by atoms with van der Waals surface area (Å²) in [5.74, 6) is -0.764. The number of aromatic nitrogens is 1. The largest absolute Gasteiger partial charge is 0.391 e. The Hall–Kier alpha value is -2.61. The molecule has 1 fully saturated rings. The van der Waals surface area contributed by atoms with Gasteiger partial charge in [0.1, 0.15) is 5.82 Å². The van der Waals surface area contributed by atoms with E-state index in [2.05, 4.69) is 15.6 Å². The maximum Gasteiger partial charge on any atom is 0.317 e. The number of amides is 3. The normalized spacial score (nSPS) is 20.0. The van der Waals surface area contributed by atoms with Gasteiger partial charge < -0.3 is 25.6 Å². The Labute approximate surface area is 144 Å². The van der Waals surface area contributed by atoms with Crippen molar-refractivity contribution in [2.75, 3.05) is 20.1 Å². The lowest BCUT2D eigenvalue weighted by molar-refractivity contribution is -0.122. The molecule has 0 aliphatic carbocycles. The van der Waals surface area contributed by atoms with Crippen molar-refractivity contribution in [1.82, 2.24) is 20.5 Å². The van der Waals surface area contributed by atoms with Crippen LogP contribution in [-0.4, -0.2) is 53.2 Å². The molecule has 2 atom stereocenters. The first kappa shape index (κ1) is 17.2. The topological polar surface area (TPSA) is 97.5 Å². The van der Waals surface area contributed by atoms with Gasteiger partial charge in [0.25, 0.3) is 0 Å². The number of nitrogens with one attached hydrogen (secondary N) is 3. The van der Waals surface area contributed by atoms with E-state index >= 15 is 0 Å². The number of nitrogens with zero attached hydrogens (tertiary/aromatic N) is 1. The third kappa shape index (κ3) is 3.74. The molecule has 0 saturated carbocycles. The molecule has 0 spiro atoms. The summed E-state index contributed by atoms with van der Waals surface area (Å²) < 4.78 is 13.4. The van der Waals surface area contributed by atoms with Crippen LogP contribution in [-0.2, 0) is 11.3 Å². The van der Waals surface area contributed by atoms with Gasteiger partial charge in [-0.15, -0.1) is 0 Å². The Morgan fingerprint density at radius 1 is 1.40 bits per heavy atom. The van der Waals surface area contributed by atoms with Crippen LogP contribution in [0.2, 0.25) is 0 Å². The molecule has 7 nitrogen and oxygen atoms in total. The van der Waals surface area contributed by atoms with Gasteiger partial charge in [-0.1, -0.05) is 0 Å². The summed E-state index contributed by atoms with van der Waals surface area (Å²) >= 11 is 0. The van der Waals surface area contributed by atoms with Crippen molar-refractivity contribution in [2.45, 2.75) is 19.1 Å². The molecule has 8 heteroatoms. The Morgan fingerprint density at radius 3 is 2.96 bits per heavy atom. The molecule has 0 bridgehead atoms. The van der Waals surface area contributed by atoms with Gasteiger partial charge in [0.05, 0.1) is 6.10 Å². The number of urea groups is 1. The molecule has 1 aromatic heterocycles. The lowest BCUT2D eigenvalue weighted by atomic mass is 10.0. The number of aliphatic hydroxyl groups excluding tert-OH is 1. The fourth-order valence-corrected chi connectivity index (χ4v) is 3.14. The number of carbonyl (C=O) groups excluding carboxylic acids is 2. The zero-order valence-electron chi connectivity index (χ0n) is 13.9. The van der Waals surface area contributed by atoms with Crippen molar-refractivity contribution in [2.24, 2.45) is 5.92 Å². The standard InChI is InChI=1S/C17H21FN4O3/c1-19-16(24)4-10-8-22(9-15(10)23)17(25)21-7-11-6-20-14-3-2-12(18)5-13(11)14/h2-3,5-6,10,15,20,23H,4,7-9H2,1H3,(H,19,24)(H,21,25)/t10-,15-/m1/s1. The van der Waals surface area contributed by atoms with Crippen molar-refractivity contribution < 1.29 is 19.1 Å². The number of hydrogen-bond donors (Lipinski definition) is 4. The van der Waals surface area contributed by atoms with Gasteiger partial charge in [0.15, 0.2) is 0 Å². The second-order valence-electron chi connectivity index (χ2n) is 6.27. The predicted molar refractivity (Wildman–Crippen MR) is 90.2 cm³/mol. The smallest absolute Gasteiger partial charge is 0.317 e. The quantitative estimate of drug-likeness (QED) is 0.662. The SMILES string of the molecule is CNC(=O)C[C@@H]1CN(C(=O)NCc2c[nH]c3ccc(F)cc23)C[C@H]1O. The summed E-state index contributed by atoms with van der Waals surface area (Å²) in [6.45, 7) is 0.758.